The molecule has 0 aliphatic rings. The van der Waals surface area contributed by atoms with E-state index >= 15 is 0 Å². The Kier molecular flexibility index (Phi) is 6.71. The maximum atomic E-state index is 12.9. The summed E-state index contributed by atoms with van der Waals surface area (Å²) < 4.78 is 2.02. The van der Waals surface area contributed by atoms with Crippen LogP contribution < -0.4 is 5.32 Å². The van der Waals surface area contributed by atoms with Gasteiger partial charge in [-0.05, 0) is 44.5 Å². The topological polar surface area (TPSA) is 61.1 Å². The molecule has 1 atom stereocenters. The molecular weight excluding hydrogens is 372 g/mol. The number of nitriles is 1. The van der Waals surface area contributed by atoms with Gasteiger partial charge in [0.25, 0.3) is 0 Å². The summed E-state index contributed by atoms with van der Waals surface area (Å²) in [6.45, 7) is 6.82. The van der Waals surface area contributed by atoms with Crippen molar-refractivity contribution >= 4 is 11.7 Å². The van der Waals surface area contributed by atoms with Gasteiger partial charge in [0.1, 0.15) is 11.9 Å². The fourth-order valence-electron chi connectivity index (χ4n) is 3.62. The lowest BCUT2D eigenvalue weighted by Crippen LogP contribution is -2.33. The van der Waals surface area contributed by atoms with Crippen molar-refractivity contribution in [3.63, 3.8) is 0 Å². The number of carbonyl (C=O) groups is 1. The third kappa shape index (κ3) is 4.61. The van der Waals surface area contributed by atoms with Gasteiger partial charge >= 0.3 is 0 Å². The summed E-state index contributed by atoms with van der Waals surface area (Å²) in [6, 6.07) is 22.5. The van der Waals surface area contributed by atoms with Crippen molar-refractivity contribution in [1.29, 1.82) is 5.26 Å². The second-order valence-corrected chi connectivity index (χ2v) is 7.67. The van der Waals surface area contributed by atoms with E-state index in [1.54, 1.807) is 0 Å². The Labute approximate surface area is 178 Å². The standard InChI is InChI=1S/C25H28N4O/c1-18-19(2)29(16-21-11-7-5-8-12-21)25(23(18)15-26)27-24(30)17-28(4)20(3)22-13-9-6-10-14-22/h5-14,20H,16-17H2,1-4H3,(H,27,30)/t20-/m0/s1. The highest BCUT2D eigenvalue weighted by atomic mass is 16.2. The van der Waals surface area contributed by atoms with Gasteiger partial charge in [0.05, 0.1) is 12.1 Å². The van der Waals surface area contributed by atoms with Crippen LogP contribution >= 0.6 is 0 Å². The molecule has 154 valence electrons. The van der Waals surface area contributed by atoms with Crippen molar-refractivity contribution in [2.75, 3.05) is 18.9 Å². The quantitative estimate of drug-likeness (QED) is 0.628. The van der Waals surface area contributed by atoms with E-state index in [1.165, 1.54) is 0 Å². The number of hydrogen-bond acceptors (Lipinski definition) is 3. The van der Waals surface area contributed by atoms with Gasteiger partial charge in [-0.3, -0.25) is 9.69 Å². The summed E-state index contributed by atoms with van der Waals surface area (Å²) in [5.41, 5.74) is 4.68. The van der Waals surface area contributed by atoms with Crippen LogP contribution in [0.25, 0.3) is 0 Å². The summed E-state index contributed by atoms with van der Waals surface area (Å²) >= 11 is 0. The van der Waals surface area contributed by atoms with Gasteiger partial charge in [-0.2, -0.15) is 5.26 Å². The zero-order chi connectivity index (χ0) is 21.7. The lowest BCUT2D eigenvalue weighted by molar-refractivity contribution is -0.117. The molecule has 30 heavy (non-hydrogen) atoms. The fraction of sp³-hybridized carbons (Fsp3) is 0.280. The SMILES string of the molecule is Cc1c(C#N)c(NC(=O)CN(C)[C@@H](C)c2ccccc2)n(Cc2ccccc2)c1C. The maximum absolute atomic E-state index is 12.9. The number of carbonyl (C=O) groups excluding carboxylic acids is 1. The summed E-state index contributed by atoms with van der Waals surface area (Å²) in [5.74, 6) is 0.436. The number of anilines is 1. The Balaban J connectivity index is 1.80. The van der Waals surface area contributed by atoms with Gasteiger partial charge in [-0.15, -0.1) is 0 Å². The molecule has 0 saturated heterocycles. The van der Waals surface area contributed by atoms with E-state index in [9.17, 15) is 10.1 Å². The van der Waals surface area contributed by atoms with Crippen LogP contribution in [0.15, 0.2) is 60.7 Å². The monoisotopic (exact) mass is 400 g/mol. The largest absolute Gasteiger partial charge is 0.326 e. The Morgan fingerprint density at radius 3 is 2.30 bits per heavy atom. The Hall–Kier alpha value is -3.36. The van der Waals surface area contributed by atoms with Crippen LogP contribution in [0.5, 0.6) is 0 Å². The first-order valence-electron chi connectivity index (χ1n) is 10.1. The average Bonchev–Trinajstić information content (AvgIpc) is 2.98. The highest BCUT2D eigenvalue weighted by molar-refractivity contribution is 5.93. The van der Waals surface area contributed by atoms with Crippen molar-refractivity contribution < 1.29 is 4.79 Å². The molecule has 0 saturated carbocycles. The zero-order valence-corrected chi connectivity index (χ0v) is 18.0. The third-order valence-corrected chi connectivity index (χ3v) is 5.72. The summed E-state index contributed by atoms with van der Waals surface area (Å²) in [7, 11) is 1.93. The van der Waals surface area contributed by atoms with Gasteiger partial charge in [0, 0.05) is 18.3 Å². The second kappa shape index (κ2) is 9.43. The first-order valence-corrected chi connectivity index (χ1v) is 10.1. The number of nitrogens with one attached hydrogen (secondary N) is 1. The number of nitrogens with zero attached hydrogens (tertiary/aromatic N) is 3. The van der Waals surface area contributed by atoms with Crippen LogP contribution in [0.3, 0.4) is 0 Å². The lowest BCUT2D eigenvalue weighted by Gasteiger charge is -2.24. The van der Waals surface area contributed by atoms with Crippen molar-refractivity contribution in [3.8, 4) is 6.07 Å². The first kappa shape index (κ1) is 21.4. The van der Waals surface area contributed by atoms with Crippen LogP contribution in [-0.2, 0) is 11.3 Å². The van der Waals surface area contributed by atoms with Crippen molar-refractivity contribution in [2.45, 2.75) is 33.4 Å². The summed E-state index contributed by atoms with van der Waals surface area (Å²) in [4.78, 5) is 14.9. The smallest absolute Gasteiger partial charge is 0.239 e. The molecule has 0 spiro atoms. The van der Waals surface area contributed by atoms with E-state index in [0.29, 0.717) is 17.9 Å². The van der Waals surface area contributed by atoms with E-state index < -0.39 is 0 Å². The van der Waals surface area contributed by atoms with E-state index in [1.807, 2.05) is 78.9 Å². The molecule has 0 bridgehead atoms. The zero-order valence-electron chi connectivity index (χ0n) is 18.0. The number of aromatic nitrogens is 1. The van der Waals surface area contributed by atoms with Gasteiger partial charge in [-0.1, -0.05) is 60.7 Å². The minimum atomic E-state index is -0.136. The Morgan fingerprint density at radius 2 is 1.70 bits per heavy atom. The van der Waals surface area contributed by atoms with Crippen LogP contribution in [0.1, 0.15) is 40.9 Å². The molecule has 3 aromatic rings. The predicted molar refractivity (Wildman–Crippen MR) is 120 cm³/mol. The molecule has 2 aromatic carbocycles. The van der Waals surface area contributed by atoms with Crippen LogP contribution in [0, 0.1) is 25.2 Å². The molecule has 5 heteroatoms. The van der Waals surface area contributed by atoms with E-state index in [2.05, 4.69) is 30.4 Å². The molecule has 0 unspecified atom stereocenters. The molecule has 0 aliphatic carbocycles. The number of benzene rings is 2. The first-order chi connectivity index (χ1) is 14.4. The van der Waals surface area contributed by atoms with Crippen molar-refractivity contribution in [2.24, 2.45) is 0 Å². The highest BCUT2D eigenvalue weighted by Crippen LogP contribution is 2.27. The number of likely N-dealkylation sites (N-methyl/N-ethyl adjacent to an activating group) is 1. The molecule has 0 radical (unpaired) electrons. The fourth-order valence-corrected chi connectivity index (χ4v) is 3.62. The van der Waals surface area contributed by atoms with Crippen LogP contribution in [0.2, 0.25) is 0 Å². The summed E-state index contributed by atoms with van der Waals surface area (Å²) in [6.07, 6.45) is 0. The second-order valence-electron chi connectivity index (χ2n) is 7.67. The van der Waals surface area contributed by atoms with Crippen LogP contribution in [0.4, 0.5) is 5.82 Å². The number of amides is 1. The third-order valence-electron chi connectivity index (χ3n) is 5.72. The van der Waals surface area contributed by atoms with E-state index in [0.717, 1.165) is 22.4 Å². The molecular formula is C25H28N4O. The minimum Gasteiger partial charge on any atom is -0.326 e. The van der Waals surface area contributed by atoms with Gasteiger partial charge in [0.2, 0.25) is 5.91 Å². The molecule has 5 nitrogen and oxygen atoms in total. The maximum Gasteiger partial charge on any atom is 0.239 e. The molecule has 1 N–H and O–H groups in total. The molecule has 3 rings (SSSR count). The Bertz CT molecular complexity index is 1050. The highest BCUT2D eigenvalue weighted by Gasteiger charge is 2.21. The van der Waals surface area contributed by atoms with E-state index in [-0.39, 0.29) is 18.5 Å². The Morgan fingerprint density at radius 1 is 1.10 bits per heavy atom. The molecule has 1 amide bonds. The number of hydrogen-bond donors (Lipinski definition) is 1. The van der Waals surface area contributed by atoms with Gasteiger partial charge in [-0.25, -0.2) is 0 Å². The van der Waals surface area contributed by atoms with Crippen molar-refractivity contribution in [3.05, 3.63) is 88.6 Å². The van der Waals surface area contributed by atoms with Crippen molar-refractivity contribution in [1.82, 2.24) is 9.47 Å². The predicted octanol–water partition coefficient (Wildman–Crippen LogP) is 4.66. The average molecular weight is 401 g/mol. The minimum absolute atomic E-state index is 0.104. The molecule has 0 fully saturated rings. The molecule has 0 aliphatic heterocycles. The van der Waals surface area contributed by atoms with Gasteiger partial charge < -0.3 is 9.88 Å². The van der Waals surface area contributed by atoms with Gasteiger partial charge in [0.15, 0.2) is 0 Å². The lowest BCUT2D eigenvalue weighted by atomic mass is 10.1. The molecule has 1 aromatic heterocycles. The molecule has 1 heterocycles. The van der Waals surface area contributed by atoms with E-state index in [4.69, 9.17) is 0 Å². The van der Waals surface area contributed by atoms with Crippen LogP contribution in [-0.4, -0.2) is 29.0 Å². The number of rotatable bonds is 7. The normalized spacial score (nSPS) is 11.9. The summed E-state index contributed by atoms with van der Waals surface area (Å²) in [5, 5.41) is 12.7.